The van der Waals surface area contributed by atoms with Crippen molar-refractivity contribution in [3.63, 3.8) is 0 Å². The van der Waals surface area contributed by atoms with E-state index in [1.165, 1.54) is 24.1 Å². The van der Waals surface area contributed by atoms with Crippen molar-refractivity contribution >= 4 is 33.2 Å². The minimum absolute atomic E-state index is 0.0427. The van der Waals surface area contributed by atoms with E-state index in [1.54, 1.807) is 6.92 Å². The van der Waals surface area contributed by atoms with Crippen LogP contribution in [0.15, 0.2) is 21.6 Å². The Morgan fingerprint density at radius 3 is 2.85 bits per heavy atom. The number of sulfonamides is 1. The van der Waals surface area contributed by atoms with Gasteiger partial charge in [0.05, 0.1) is 23.9 Å². The normalized spacial score (nSPS) is 14.2. The summed E-state index contributed by atoms with van der Waals surface area (Å²) in [6, 6.07) is 2.65. The molecule has 0 aliphatic carbocycles. The average molecular weight is 417 g/mol. The van der Waals surface area contributed by atoms with Gasteiger partial charge in [-0.3, -0.25) is 9.69 Å². The molecular weight excluding hydrogens is 400 g/mol. The van der Waals surface area contributed by atoms with Gasteiger partial charge in [-0.2, -0.15) is 4.98 Å². The Balaban J connectivity index is 1.93. The molecule has 0 radical (unpaired) electrons. The van der Waals surface area contributed by atoms with Gasteiger partial charge in [-0.1, -0.05) is 16.8 Å². The van der Waals surface area contributed by atoms with Crippen molar-refractivity contribution < 1.29 is 27.2 Å². The number of anilines is 1. The van der Waals surface area contributed by atoms with E-state index in [9.17, 15) is 13.2 Å². The van der Waals surface area contributed by atoms with Gasteiger partial charge in [-0.25, -0.2) is 13.1 Å². The first-order valence-electron chi connectivity index (χ1n) is 7.86. The lowest BCUT2D eigenvalue weighted by molar-refractivity contribution is -0.121. The summed E-state index contributed by atoms with van der Waals surface area (Å²) < 4.78 is 42.4. The van der Waals surface area contributed by atoms with Crippen LogP contribution in [0.4, 0.5) is 5.69 Å². The molecule has 1 amide bonds. The van der Waals surface area contributed by atoms with Crippen LogP contribution < -0.4 is 14.4 Å². The summed E-state index contributed by atoms with van der Waals surface area (Å²) in [4.78, 5) is 17.5. The Labute approximate surface area is 160 Å². The van der Waals surface area contributed by atoms with E-state index in [0.29, 0.717) is 17.4 Å². The number of amides is 1. The molecule has 0 bridgehead atoms. The number of aryl methyl sites for hydroxylation is 1. The second-order valence-corrected chi connectivity index (χ2v) is 7.78. The predicted octanol–water partition coefficient (Wildman–Crippen LogP) is 0.882. The van der Waals surface area contributed by atoms with Crippen molar-refractivity contribution in [2.75, 3.05) is 31.8 Å². The van der Waals surface area contributed by atoms with E-state index in [4.69, 9.17) is 25.6 Å². The van der Waals surface area contributed by atoms with E-state index in [2.05, 4.69) is 14.9 Å². The molecule has 1 N–H and O–H groups in total. The van der Waals surface area contributed by atoms with Crippen LogP contribution in [0.3, 0.4) is 0 Å². The summed E-state index contributed by atoms with van der Waals surface area (Å²) in [5.41, 5.74) is 0.328. The Morgan fingerprint density at radius 1 is 1.41 bits per heavy atom. The van der Waals surface area contributed by atoms with Crippen LogP contribution in [-0.2, 0) is 26.1 Å². The molecule has 3 rings (SSSR count). The third-order valence-corrected chi connectivity index (χ3v) is 5.64. The molecule has 2 aromatic rings. The highest BCUT2D eigenvalue weighted by Crippen LogP contribution is 2.39. The fourth-order valence-corrected chi connectivity index (χ4v) is 4.03. The molecule has 1 aromatic heterocycles. The van der Waals surface area contributed by atoms with Gasteiger partial charge in [0.1, 0.15) is 10.6 Å². The van der Waals surface area contributed by atoms with Gasteiger partial charge in [0, 0.05) is 26.6 Å². The number of aromatic nitrogens is 2. The number of nitrogens with zero attached hydrogens (tertiary/aromatic N) is 3. The molecule has 2 heterocycles. The summed E-state index contributed by atoms with van der Waals surface area (Å²) in [5, 5.41) is 3.72. The number of methoxy groups -OCH3 is 1. The highest BCUT2D eigenvalue weighted by molar-refractivity contribution is 7.89. The van der Waals surface area contributed by atoms with Crippen molar-refractivity contribution in [2.45, 2.75) is 18.4 Å². The molecule has 1 aromatic carbocycles. The van der Waals surface area contributed by atoms with E-state index in [-0.39, 0.29) is 47.9 Å². The molecule has 0 atom stereocenters. The SMILES string of the molecule is COCCNS(=O)(=O)c1cc2c(cc1Cl)N(Cc1noc(C)n1)C(=O)CO2. The van der Waals surface area contributed by atoms with Crippen LogP contribution in [0, 0.1) is 6.92 Å². The molecule has 1 aliphatic heterocycles. The molecule has 27 heavy (non-hydrogen) atoms. The van der Waals surface area contributed by atoms with Gasteiger partial charge in [-0.15, -0.1) is 0 Å². The van der Waals surface area contributed by atoms with Crippen LogP contribution >= 0.6 is 11.6 Å². The lowest BCUT2D eigenvalue weighted by atomic mass is 10.2. The maximum absolute atomic E-state index is 12.4. The first kappa shape index (κ1) is 19.5. The largest absolute Gasteiger partial charge is 0.482 e. The molecule has 0 spiro atoms. The maximum atomic E-state index is 12.4. The highest BCUT2D eigenvalue weighted by atomic mass is 35.5. The fraction of sp³-hybridized carbons (Fsp3) is 0.400. The summed E-state index contributed by atoms with van der Waals surface area (Å²) >= 11 is 6.18. The van der Waals surface area contributed by atoms with Gasteiger partial charge in [0.2, 0.25) is 15.9 Å². The number of hydrogen-bond acceptors (Lipinski definition) is 8. The summed E-state index contributed by atoms with van der Waals surface area (Å²) in [5.74, 6) is 0.552. The predicted molar refractivity (Wildman–Crippen MR) is 94.2 cm³/mol. The second-order valence-electron chi connectivity index (χ2n) is 5.64. The summed E-state index contributed by atoms with van der Waals surface area (Å²) in [6.45, 7) is 1.73. The van der Waals surface area contributed by atoms with Crippen LogP contribution in [0.5, 0.6) is 5.75 Å². The first-order valence-corrected chi connectivity index (χ1v) is 9.72. The minimum Gasteiger partial charge on any atom is -0.482 e. The van der Waals surface area contributed by atoms with Gasteiger partial charge in [0.25, 0.3) is 5.91 Å². The summed E-state index contributed by atoms with van der Waals surface area (Å²) in [6.07, 6.45) is 0. The van der Waals surface area contributed by atoms with Gasteiger partial charge >= 0.3 is 0 Å². The Kier molecular flexibility index (Phi) is 5.65. The first-order chi connectivity index (χ1) is 12.8. The summed E-state index contributed by atoms with van der Waals surface area (Å²) in [7, 11) is -2.41. The van der Waals surface area contributed by atoms with Crippen LogP contribution in [0.2, 0.25) is 5.02 Å². The van der Waals surface area contributed by atoms with Crippen LogP contribution in [-0.4, -0.2) is 51.3 Å². The molecule has 12 heteroatoms. The Bertz CT molecular complexity index is 961. The topological polar surface area (TPSA) is 124 Å². The Hall–Kier alpha value is -2.21. The molecular formula is C15H17ClN4O6S. The number of carbonyl (C=O) groups excluding carboxylic acids is 1. The van der Waals surface area contributed by atoms with Gasteiger partial charge in [0.15, 0.2) is 12.4 Å². The smallest absolute Gasteiger partial charge is 0.265 e. The molecule has 10 nitrogen and oxygen atoms in total. The van der Waals surface area contributed by atoms with Crippen molar-refractivity contribution in [3.8, 4) is 5.75 Å². The number of rotatable bonds is 7. The number of hydrogen-bond donors (Lipinski definition) is 1. The maximum Gasteiger partial charge on any atom is 0.265 e. The van der Waals surface area contributed by atoms with E-state index in [1.807, 2.05) is 0 Å². The number of benzene rings is 1. The highest BCUT2D eigenvalue weighted by Gasteiger charge is 2.30. The zero-order valence-corrected chi connectivity index (χ0v) is 16.1. The lowest BCUT2D eigenvalue weighted by Crippen LogP contribution is -2.38. The van der Waals surface area contributed by atoms with Crippen molar-refractivity contribution in [1.82, 2.24) is 14.9 Å². The van der Waals surface area contributed by atoms with Crippen LogP contribution in [0.25, 0.3) is 0 Å². The molecule has 0 fully saturated rings. The lowest BCUT2D eigenvalue weighted by Gasteiger charge is -2.29. The van der Waals surface area contributed by atoms with Crippen LogP contribution in [0.1, 0.15) is 11.7 Å². The number of halogens is 1. The van der Waals surface area contributed by atoms with Crippen molar-refractivity contribution in [2.24, 2.45) is 0 Å². The average Bonchev–Trinajstić information content (AvgIpc) is 3.02. The van der Waals surface area contributed by atoms with Gasteiger partial charge < -0.3 is 14.0 Å². The molecule has 1 aliphatic rings. The fourth-order valence-electron chi connectivity index (χ4n) is 2.48. The molecule has 0 saturated carbocycles. The Morgan fingerprint density at radius 2 is 2.19 bits per heavy atom. The molecule has 146 valence electrons. The standard InChI is InChI=1S/C15H17ClN4O6S/c1-9-18-14(19-26-9)7-20-11-5-10(16)13(6-12(11)25-8-15(20)21)27(22,23)17-3-4-24-2/h5-6,17H,3-4,7-8H2,1-2H3. The molecule has 0 unspecified atom stereocenters. The minimum atomic E-state index is -3.87. The third kappa shape index (κ3) is 4.21. The third-order valence-electron chi connectivity index (χ3n) is 3.71. The number of fused-ring (bicyclic) bond motifs is 1. The van der Waals surface area contributed by atoms with Gasteiger partial charge in [-0.05, 0) is 6.07 Å². The number of nitrogens with one attached hydrogen (secondary N) is 1. The monoisotopic (exact) mass is 416 g/mol. The molecule has 0 saturated heterocycles. The zero-order valence-electron chi connectivity index (χ0n) is 14.6. The zero-order chi connectivity index (χ0) is 19.6. The van der Waals surface area contributed by atoms with Crippen molar-refractivity contribution in [1.29, 1.82) is 0 Å². The number of carbonyl (C=O) groups is 1. The van der Waals surface area contributed by atoms with E-state index < -0.39 is 10.0 Å². The number of ether oxygens (including phenoxy) is 2. The second kappa shape index (κ2) is 7.80. The van der Waals surface area contributed by atoms with Crippen molar-refractivity contribution in [3.05, 3.63) is 28.9 Å². The van der Waals surface area contributed by atoms with E-state index >= 15 is 0 Å². The quantitative estimate of drug-likeness (QED) is 0.659. The van der Waals surface area contributed by atoms with E-state index in [0.717, 1.165) is 0 Å².